The van der Waals surface area contributed by atoms with Crippen molar-refractivity contribution in [2.24, 2.45) is 0 Å². The monoisotopic (exact) mass is 577 g/mol. The molecular weight excluding hydrogens is 542 g/mol. The number of carbonyl (C=O) groups is 2. The summed E-state index contributed by atoms with van der Waals surface area (Å²) in [5.74, 6) is -0.652. The molecule has 0 radical (unpaired) electrons. The van der Waals surface area contributed by atoms with Crippen LogP contribution in [0.3, 0.4) is 0 Å². The van der Waals surface area contributed by atoms with Crippen LogP contribution in [0.1, 0.15) is 55.7 Å². The van der Waals surface area contributed by atoms with E-state index in [0.29, 0.717) is 5.69 Å². The normalized spacial score (nSPS) is 15.2. The third-order valence-electron chi connectivity index (χ3n) is 6.70. The lowest BCUT2D eigenvalue weighted by molar-refractivity contribution is -0.139. The molecule has 1 saturated carbocycles. The molecule has 1 aliphatic rings. The van der Waals surface area contributed by atoms with Crippen molar-refractivity contribution >= 4 is 43.5 Å². The summed E-state index contributed by atoms with van der Waals surface area (Å²) in [4.78, 5) is 28.3. The van der Waals surface area contributed by atoms with Crippen LogP contribution in [-0.2, 0) is 26.2 Å². The van der Waals surface area contributed by atoms with Gasteiger partial charge in [0.15, 0.2) is 0 Å². The fourth-order valence-corrected chi connectivity index (χ4v) is 5.53. The number of nitrogens with one attached hydrogen (secondary N) is 1. The summed E-state index contributed by atoms with van der Waals surface area (Å²) in [5, 5.41) is 3.11. The summed E-state index contributed by atoms with van der Waals surface area (Å²) in [6.45, 7) is 5.36. The van der Waals surface area contributed by atoms with E-state index in [0.717, 1.165) is 57.4 Å². The first-order chi connectivity index (χ1) is 17.0. The molecule has 1 fully saturated rings. The van der Waals surface area contributed by atoms with E-state index in [4.69, 9.17) is 0 Å². The van der Waals surface area contributed by atoms with Gasteiger partial charge in [0.2, 0.25) is 21.8 Å². The number of hydrogen-bond acceptors (Lipinski definition) is 4. The molecule has 1 aliphatic carbocycles. The maximum Gasteiger partial charge on any atom is 0.244 e. The Bertz CT molecular complexity index is 1180. The summed E-state index contributed by atoms with van der Waals surface area (Å²) in [5.41, 5.74) is 3.22. The average Bonchev–Trinajstić information content (AvgIpc) is 2.83. The highest BCUT2D eigenvalue weighted by Crippen LogP contribution is 2.25. The first kappa shape index (κ1) is 28.2. The Hall–Kier alpha value is -2.39. The van der Waals surface area contributed by atoms with Gasteiger partial charge in [-0.1, -0.05) is 65.0 Å². The van der Waals surface area contributed by atoms with Gasteiger partial charge in [-0.3, -0.25) is 13.9 Å². The molecule has 2 aromatic rings. The zero-order valence-electron chi connectivity index (χ0n) is 21.5. The van der Waals surface area contributed by atoms with E-state index in [-0.39, 0.29) is 18.5 Å². The number of hydrogen-bond donors (Lipinski definition) is 1. The van der Waals surface area contributed by atoms with Crippen LogP contribution >= 0.6 is 15.9 Å². The van der Waals surface area contributed by atoms with Gasteiger partial charge in [-0.2, -0.15) is 0 Å². The quantitative estimate of drug-likeness (QED) is 0.468. The van der Waals surface area contributed by atoms with Crippen LogP contribution < -0.4 is 9.62 Å². The number of amides is 2. The first-order valence-electron chi connectivity index (χ1n) is 12.3. The Morgan fingerprint density at radius 3 is 2.28 bits per heavy atom. The molecule has 0 bridgehead atoms. The third-order valence-corrected chi connectivity index (χ3v) is 8.73. The Morgan fingerprint density at radius 2 is 1.69 bits per heavy atom. The highest BCUT2D eigenvalue weighted by atomic mass is 79.9. The van der Waals surface area contributed by atoms with Gasteiger partial charge in [-0.05, 0) is 62.9 Å². The van der Waals surface area contributed by atoms with E-state index in [1.165, 1.54) is 11.3 Å². The molecule has 3 rings (SSSR count). The minimum Gasteiger partial charge on any atom is -0.352 e. The van der Waals surface area contributed by atoms with E-state index in [1.807, 2.05) is 38.1 Å². The van der Waals surface area contributed by atoms with Gasteiger partial charge in [-0.15, -0.1) is 0 Å². The van der Waals surface area contributed by atoms with Gasteiger partial charge in [-0.25, -0.2) is 8.42 Å². The topological polar surface area (TPSA) is 86.8 Å². The second kappa shape index (κ2) is 12.2. The number of carbonyl (C=O) groups excluding carboxylic acids is 2. The number of benzene rings is 2. The van der Waals surface area contributed by atoms with Crippen molar-refractivity contribution in [3.63, 3.8) is 0 Å². The molecule has 9 heteroatoms. The van der Waals surface area contributed by atoms with Crippen LogP contribution in [0.15, 0.2) is 46.9 Å². The van der Waals surface area contributed by atoms with Crippen molar-refractivity contribution < 1.29 is 18.0 Å². The molecule has 196 valence electrons. The maximum absolute atomic E-state index is 13.7. The second-order valence-corrected chi connectivity index (χ2v) is 12.5. The average molecular weight is 579 g/mol. The Kier molecular flexibility index (Phi) is 9.58. The summed E-state index contributed by atoms with van der Waals surface area (Å²) in [6, 6.07) is 12.3. The zero-order chi connectivity index (χ0) is 26.5. The van der Waals surface area contributed by atoms with Crippen molar-refractivity contribution in [2.75, 3.05) is 17.1 Å². The number of anilines is 1. The minimum atomic E-state index is -3.75. The highest BCUT2D eigenvalue weighted by Gasteiger charge is 2.31. The largest absolute Gasteiger partial charge is 0.352 e. The van der Waals surface area contributed by atoms with Crippen molar-refractivity contribution in [3.8, 4) is 0 Å². The van der Waals surface area contributed by atoms with Gasteiger partial charge in [0.05, 0.1) is 11.9 Å². The lowest BCUT2D eigenvalue weighted by atomic mass is 9.95. The molecule has 1 N–H and O–H groups in total. The molecule has 0 unspecified atom stereocenters. The summed E-state index contributed by atoms with van der Waals surface area (Å²) < 4.78 is 27.4. The van der Waals surface area contributed by atoms with Crippen LogP contribution in [-0.4, -0.2) is 50.0 Å². The lowest BCUT2D eigenvalue weighted by Gasteiger charge is -2.33. The molecule has 0 aliphatic heterocycles. The molecule has 2 aromatic carbocycles. The van der Waals surface area contributed by atoms with Crippen LogP contribution in [0.2, 0.25) is 0 Å². The molecule has 7 nitrogen and oxygen atoms in total. The fraction of sp³-hybridized carbons (Fsp3) is 0.481. The summed E-state index contributed by atoms with van der Waals surface area (Å²) >= 11 is 3.43. The lowest BCUT2D eigenvalue weighted by Crippen LogP contribution is -2.52. The van der Waals surface area contributed by atoms with Crippen LogP contribution in [0.25, 0.3) is 0 Å². The number of sulfonamides is 1. The number of halogens is 1. The Labute approximate surface area is 223 Å². The fourth-order valence-electron chi connectivity index (χ4n) is 4.44. The van der Waals surface area contributed by atoms with Crippen molar-refractivity contribution in [1.82, 2.24) is 10.2 Å². The van der Waals surface area contributed by atoms with Crippen LogP contribution in [0, 0.1) is 13.8 Å². The molecular formula is C27H36BrN3O4S. The van der Waals surface area contributed by atoms with Crippen LogP contribution in [0.5, 0.6) is 0 Å². The highest BCUT2D eigenvalue weighted by molar-refractivity contribution is 9.10. The van der Waals surface area contributed by atoms with E-state index in [1.54, 1.807) is 25.1 Å². The molecule has 0 spiro atoms. The van der Waals surface area contributed by atoms with Gasteiger partial charge >= 0.3 is 0 Å². The van der Waals surface area contributed by atoms with Gasteiger partial charge in [0, 0.05) is 17.1 Å². The molecule has 0 aromatic heterocycles. The van der Waals surface area contributed by atoms with Gasteiger partial charge < -0.3 is 10.2 Å². The van der Waals surface area contributed by atoms with Crippen molar-refractivity contribution in [3.05, 3.63) is 63.6 Å². The standard InChI is InChI=1S/C27H36BrN3O4S/c1-19-10-12-22(13-11-19)17-30(21(3)27(33)29-23-8-6-5-7-9-23)26(32)18-31(36(4,34)35)24-14-15-25(28)20(2)16-24/h10-16,21,23H,5-9,17-18H2,1-4H3,(H,29,33)/t21-/m0/s1. The molecule has 0 saturated heterocycles. The second-order valence-electron chi connectivity index (χ2n) is 9.73. The third kappa shape index (κ3) is 7.56. The molecule has 1 atom stereocenters. The number of nitrogens with zero attached hydrogens (tertiary/aromatic N) is 2. The predicted molar refractivity (Wildman–Crippen MR) is 147 cm³/mol. The smallest absolute Gasteiger partial charge is 0.244 e. The predicted octanol–water partition coefficient (Wildman–Crippen LogP) is 4.70. The number of aryl methyl sites for hydroxylation is 2. The SMILES string of the molecule is Cc1ccc(CN(C(=O)CN(c2ccc(Br)c(C)c2)S(C)(=O)=O)[C@@H](C)C(=O)NC2CCCCC2)cc1. The number of rotatable bonds is 9. The van der Waals surface area contributed by atoms with E-state index >= 15 is 0 Å². The van der Waals surface area contributed by atoms with Crippen molar-refractivity contribution in [2.45, 2.75) is 71.5 Å². The summed E-state index contributed by atoms with van der Waals surface area (Å²) in [7, 11) is -3.75. The van der Waals surface area contributed by atoms with E-state index in [9.17, 15) is 18.0 Å². The molecule has 2 amide bonds. The van der Waals surface area contributed by atoms with Crippen LogP contribution in [0.4, 0.5) is 5.69 Å². The first-order valence-corrected chi connectivity index (χ1v) is 15.0. The molecule has 36 heavy (non-hydrogen) atoms. The summed E-state index contributed by atoms with van der Waals surface area (Å²) in [6.07, 6.45) is 6.31. The van der Waals surface area contributed by atoms with E-state index < -0.39 is 28.5 Å². The van der Waals surface area contributed by atoms with Crippen molar-refractivity contribution in [1.29, 1.82) is 0 Å². The maximum atomic E-state index is 13.7. The molecule has 0 heterocycles. The Balaban J connectivity index is 1.87. The Morgan fingerprint density at radius 1 is 1.06 bits per heavy atom. The zero-order valence-corrected chi connectivity index (χ0v) is 23.9. The minimum absolute atomic E-state index is 0.114. The van der Waals surface area contributed by atoms with Gasteiger partial charge in [0.1, 0.15) is 12.6 Å². The van der Waals surface area contributed by atoms with Gasteiger partial charge in [0.25, 0.3) is 0 Å². The van der Waals surface area contributed by atoms with E-state index in [2.05, 4.69) is 21.2 Å².